The van der Waals surface area contributed by atoms with Crippen LogP contribution in [0.25, 0.3) is 0 Å². The zero-order valence-corrected chi connectivity index (χ0v) is 10.8. The molecule has 0 fully saturated rings. The van der Waals surface area contributed by atoms with Crippen LogP contribution in [0.5, 0.6) is 0 Å². The molecule has 0 bridgehead atoms. The van der Waals surface area contributed by atoms with Crippen molar-refractivity contribution < 1.29 is 8.42 Å². The molecule has 1 aromatic rings. The monoisotopic (exact) mass is 285 g/mol. The Labute approximate surface area is 103 Å². The second-order valence-electron chi connectivity index (χ2n) is 2.54. The van der Waals surface area contributed by atoms with Gasteiger partial charge in [0, 0.05) is 12.4 Å². The molecule has 0 saturated heterocycles. The number of rotatable bonds is 5. The molecule has 0 aliphatic carbocycles. The van der Waals surface area contributed by atoms with Crippen molar-refractivity contribution >= 4 is 44.6 Å². The van der Waals surface area contributed by atoms with Gasteiger partial charge < -0.3 is 0 Å². The number of hydrogen-bond donors (Lipinski definition) is 1. The lowest BCUT2D eigenvalue weighted by Crippen LogP contribution is -2.22. The molecule has 0 atom stereocenters. The van der Waals surface area contributed by atoms with Crippen molar-refractivity contribution in [3.05, 3.63) is 28.6 Å². The lowest BCUT2D eigenvalue weighted by molar-refractivity contribution is 0.587. The number of hydrogen-bond acceptors (Lipinski definition) is 3. The van der Waals surface area contributed by atoms with E-state index in [9.17, 15) is 8.42 Å². The van der Waals surface area contributed by atoms with Crippen molar-refractivity contribution in [3.8, 4) is 0 Å². The highest BCUT2D eigenvalue weighted by molar-refractivity contribution is 7.91. The molecule has 0 radical (unpaired) electrons. The van der Waals surface area contributed by atoms with Crippen LogP contribution in [0, 0.1) is 0 Å². The number of thiophene rings is 1. The molecular weight excluding hydrogens is 277 g/mol. The van der Waals surface area contributed by atoms with Crippen molar-refractivity contribution in [2.24, 2.45) is 0 Å². The van der Waals surface area contributed by atoms with Gasteiger partial charge in [-0.15, -0.1) is 22.9 Å². The molecule has 1 heterocycles. The van der Waals surface area contributed by atoms with E-state index in [-0.39, 0.29) is 10.8 Å². The highest BCUT2D eigenvalue weighted by atomic mass is 35.5. The van der Waals surface area contributed by atoms with E-state index in [4.69, 9.17) is 23.2 Å². The molecule has 0 amide bonds. The third-order valence-corrected chi connectivity index (χ3v) is 4.79. The maximum Gasteiger partial charge on any atom is 0.250 e. The summed E-state index contributed by atoms with van der Waals surface area (Å²) < 4.78 is 26.2. The fourth-order valence-electron chi connectivity index (χ4n) is 0.817. The van der Waals surface area contributed by atoms with Crippen LogP contribution >= 0.6 is 34.5 Å². The van der Waals surface area contributed by atoms with Crippen molar-refractivity contribution in [2.45, 2.75) is 4.21 Å². The number of sulfonamides is 1. The zero-order valence-electron chi connectivity index (χ0n) is 7.61. The van der Waals surface area contributed by atoms with Gasteiger partial charge >= 0.3 is 0 Å². The quantitative estimate of drug-likeness (QED) is 0.667. The molecule has 0 unspecified atom stereocenters. The Kier molecular flexibility index (Phi) is 5.08. The molecule has 0 aromatic carbocycles. The number of allylic oxidation sites excluding steroid dienone is 1. The summed E-state index contributed by atoms with van der Waals surface area (Å²) in [6.07, 6.45) is 3.32. The Morgan fingerprint density at radius 2 is 2.13 bits per heavy atom. The molecule has 3 nitrogen and oxygen atoms in total. The maximum absolute atomic E-state index is 11.6. The Bertz CT molecular complexity index is 439. The molecule has 15 heavy (non-hydrogen) atoms. The van der Waals surface area contributed by atoms with Gasteiger partial charge in [0.2, 0.25) is 10.0 Å². The van der Waals surface area contributed by atoms with Crippen LogP contribution in [-0.4, -0.2) is 20.8 Å². The molecule has 84 valence electrons. The highest BCUT2D eigenvalue weighted by Gasteiger charge is 2.14. The summed E-state index contributed by atoms with van der Waals surface area (Å²) >= 11 is 12.1. The molecule has 1 N–H and O–H groups in total. The molecule has 1 rings (SSSR count). The van der Waals surface area contributed by atoms with Crippen LogP contribution in [0.1, 0.15) is 0 Å². The minimum absolute atomic E-state index is 0.215. The standard InChI is InChI=1S/C8H9Cl2NO2S2/c9-5-1-2-6-11-15(12,13)8-4-3-7(10)14-8/h1-4,11H,5-6H2/b2-1+. The molecule has 0 aliphatic rings. The summed E-state index contributed by atoms with van der Waals surface area (Å²) in [5.41, 5.74) is 0. The molecule has 0 spiro atoms. The topological polar surface area (TPSA) is 46.2 Å². The van der Waals surface area contributed by atoms with Crippen LogP contribution in [0.15, 0.2) is 28.5 Å². The van der Waals surface area contributed by atoms with Gasteiger partial charge in [-0.25, -0.2) is 13.1 Å². The van der Waals surface area contributed by atoms with Gasteiger partial charge in [-0.3, -0.25) is 0 Å². The summed E-state index contributed by atoms with van der Waals surface area (Å²) in [5, 5.41) is 0. The van der Waals surface area contributed by atoms with Gasteiger partial charge in [0.15, 0.2) is 0 Å². The van der Waals surface area contributed by atoms with E-state index < -0.39 is 10.0 Å². The largest absolute Gasteiger partial charge is 0.250 e. The normalized spacial score (nSPS) is 12.4. The van der Waals surface area contributed by atoms with E-state index in [1.165, 1.54) is 6.07 Å². The van der Waals surface area contributed by atoms with Crippen LogP contribution in [0.2, 0.25) is 4.34 Å². The van der Waals surface area contributed by atoms with Gasteiger partial charge in [0.1, 0.15) is 4.21 Å². The maximum atomic E-state index is 11.6. The van der Waals surface area contributed by atoms with E-state index in [0.29, 0.717) is 10.2 Å². The van der Waals surface area contributed by atoms with Gasteiger partial charge in [-0.05, 0) is 12.1 Å². The minimum atomic E-state index is -3.43. The summed E-state index contributed by atoms with van der Waals surface area (Å²) in [7, 11) is -3.43. The minimum Gasteiger partial charge on any atom is -0.207 e. The summed E-state index contributed by atoms with van der Waals surface area (Å²) in [5.74, 6) is 0.368. The Hall–Kier alpha value is -0.0700. The molecule has 7 heteroatoms. The van der Waals surface area contributed by atoms with Crippen molar-refractivity contribution in [3.63, 3.8) is 0 Å². The molecule has 0 aliphatic heterocycles. The highest BCUT2D eigenvalue weighted by Crippen LogP contribution is 2.25. The SMILES string of the molecule is O=S(=O)(NC/C=C/CCl)c1ccc(Cl)s1. The van der Waals surface area contributed by atoms with Gasteiger partial charge in [-0.1, -0.05) is 23.8 Å². The smallest absolute Gasteiger partial charge is 0.207 e. The third-order valence-electron chi connectivity index (χ3n) is 1.46. The van der Waals surface area contributed by atoms with Gasteiger partial charge in [0.25, 0.3) is 0 Å². The number of halogens is 2. The second kappa shape index (κ2) is 5.86. The van der Waals surface area contributed by atoms with Crippen LogP contribution in [-0.2, 0) is 10.0 Å². The first kappa shape index (κ1) is 13.0. The summed E-state index contributed by atoms with van der Waals surface area (Å²) in [6.45, 7) is 0.227. The van der Waals surface area contributed by atoms with E-state index >= 15 is 0 Å². The Balaban J connectivity index is 2.64. The van der Waals surface area contributed by atoms with E-state index in [0.717, 1.165) is 11.3 Å². The lowest BCUT2D eigenvalue weighted by atomic mass is 10.5. The van der Waals surface area contributed by atoms with Crippen molar-refractivity contribution in [1.29, 1.82) is 0 Å². The van der Waals surface area contributed by atoms with Crippen LogP contribution < -0.4 is 4.72 Å². The second-order valence-corrected chi connectivity index (χ2v) is 6.55. The Morgan fingerprint density at radius 1 is 1.40 bits per heavy atom. The van der Waals surface area contributed by atoms with E-state index in [1.54, 1.807) is 18.2 Å². The zero-order chi connectivity index (χ0) is 11.3. The van der Waals surface area contributed by atoms with Crippen molar-refractivity contribution in [2.75, 3.05) is 12.4 Å². The molecule has 0 saturated carbocycles. The van der Waals surface area contributed by atoms with Crippen molar-refractivity contribution in [1.82, 2.24) is 4.72 Å². The Morgan fingerprint density at radius 3 is 2.67 bits per heavy atom. The van der Waals surface area contributed by atoms with E-state index in [1.807, 2.05) is 0 Å². The summed E-state index contributed by atoms with van der Waals surface area (Å²) in [6, 6.07) is 3.02. The molecule has 1 aromatic heterocycles. The first-order chi connectivity index (χ1) is 7.06. The summed E-state index contributed by atoms with van der Waals surface area (Å²) in [4.78, 5) is 0. The third kappa shape index (κ3) is 4.12. The van der Waals surface area contributed by atoms with Crippen LogP contribution in [0.3, 0.4) is 0 Å². The van der Waals surface area contributed by atoms with Gasteiger partial charge in [-0.2, -0.15) is 0 Å². The lowest BCUT2D eigenvalue weighted by Gasteiger charge is -2.00. The first-order valence-electron chi connectivity index (χ1n) is 4.02. The number of alkyl halides is 1. The predicted molar refractivity (Wildman–Crippen MR) is 64.4 cm³/mol. The van der Waals surface area contributed by atoms with Crippen LogP contribution in [0.4, 0.5) is 0 Å². The van der Waals surface area contributed by atoms with E-state index in [2.05, 4.69) is 4.72 Å². The average molecular weight is 286 g/mol. The van der Waals surface area contributed by atoms with Gasteiger partial charge in [0.05, 0.1) is 4.34 Å². The molecular formula is C8H9Cl2NO2S2. The number of nitrogens with one attached hydrogen (secondary N) is 1. The fourth-order valence-corrected chi connectivity index (χ4v) is 3.45. The first-order valence-corrected chi connectivity index (χ1v) is 7.23. The average Bonchev–Trinajstić information content (AvgIpc) is 2.60. The predicted octanol–water partition coefficient (Wildman–Crippen LogP) is 2.47. The fraction of sp³-hybridized carbons (Fsp3) is 0.250.